The second-order valence-corrected chi connectivity index (χ2v) is 12.2. The third-order valence-corrected chi connectivity index (χ3v) is 8.75. The summed E-state index contributed by atoms with van der Waals surface area (Å²) >= 11 is 1.17. The van der Waals surface area contributed by atoms with Gasteiger partial charge in [0.25, 0.3) is 10.0 Å². The first-order valence-corrected chi connectivity index (χ1v) is 12.8. The molecule has 9 heteroatoms. The lowest BCUT2D eigenvalue weighted by molar-refractivity contribution is -0.125. The van der Waals surface area contributed by atoms with Gasteiger partial charge in [-0.15, -0.1) is 15.7 Å². The van der Waals surface area contributed by atoms with E-state index in [2.05, 4.69) is 30.5 Å². The minimum Gasteiger partial charge on any atom is -0.333 e. The molecule has 2 aliphatic rings. The molecule has 1 aliphatic carbocycles. The van der Waals surface area contributed by atoms with Crippen LogP contribution in [0.5, 0.6) is 0 Å². The Hall–Kier alpha value is -2.36. The summed E-state index contributed by atoms with van der Waals surface area (Å²) in [5.41, 5.74) is 6.32. The SMILES string of the molecule is CC(C)(C)CC[C@@]1(C)C(=O)C(C2=NS(=O)(=O)c3c(CN)csc3N2)C(=O)c2ccccc21. The first kappa shape index (κ1) is 22.8. The van der Waals surface area contributed by atoms with Crippen LogP contribution in [0.25, 0.3) is 0 Å². The molecular weight excluding hydrogens is 446 g/mol. The Labute approximate surface area is 192 Å². The van der Waals surface area contributed by atoms with Crippen molar-refractivity contribution in [1.82, 2.24) is 0 Å². The van der Waals surface area contributed by atoms with Crippen LogP contribution >= 0.6 is 11.3 Å². The fraction of sp³-hybridized carbons (Fsp3) is 0.435. The number of hydrogen-bond donors (Lipinski definition) is 2. The molecule has 4 rings (SSSR count). The number of amidine groups is 1. The highest BCUT2D eigenvalue weighted by Crippen LogP contribution is 2.44. The van der Waals surface area contributed by atoms with Gasteiger partial charge < -0.3 is 11.1 Å². The zero-order valence-electron chi connectivity index (χ0n) is 18.6. The van der Waals surface area contributed by atoms with Gasteiger partial charge in [0.1, 0.15) is 21.7 Å². The molecule has 0 radical (unpaired) electrons. The molecule has 170 valence electrons. The van der Waals surface area contributed by atoms with Gasteiger partial charge in [0, 0.05) is 12.1 Å². The molecular formula is C23H27N3O4S2. The van der Waals surface area contributed by atoms with Crippen molar-refractivity contribution >= 4 is 43.8 Å². The van der Waals surface area contributed by atoms with E-state index in [0.29, 0.717) is 28.1 Å². The van der Waals surface area contributed by atoms with Gasteiger partial charge in [-0.3, -0.25) is 9.59 Å². The van der Waals surface area contributed by atoms with Crippen LogP contribution < -0.4 is 11.1 Å². The number of anilines is 1. The molecule has 1 aliphatic heterocycles. The number of nitrogens with one attached hydrogen (secondary N) is 1. The molecule has 0 amide bonds. The van der Waals surface area contributed by atoms with Crippen molar-refractivity contribution in [3.63, 3.8) is 0 Å². The van der Waals surface area contributed by atoms with E-state index in [1.165, 1.54) is 11.3 Å². The van der Waals surface area contributed by atoms with Crippen LogP contribution in [0.4, 0.5) is 5.00 Å². The molecule has 2 atom stereocenters. The lowest BCUT2D eigenvalue weighted by Crippen LogP contribution is -2.51. The molecule has 2 heterocycles. The molecule has 0 saturated heterocycles. The molecule has 1 aromatic heterocycles. The first-order chi connectivity index (χ1) is 14.9. The minimum atomic E-state index is -4.09. The molecule has 7 nitrogen and oxygen atoms in total. The lowest BCUT2D eigenvalue weighted by atomic mass is 9.62. The second kappa shape index (κ2) is 7.60. The van der Waals surface area contributed by atoms with Crippen LogP contribution in [0.3, 0.4) is 0 Å². The maximum atomic E-state index is 13.9. The fourth-order valence-electron chi connectivity index (χ4n) is 4.37. The summed E-state index contributed by atoms with van der Waals surface area (Å²) in [6, 6.07) is 7.10. The summed E-state index contributed by atoms with van der Waals surface area (Å²) in [5.74, 6) is -2.19. The average Bonchev–Trinajstić information content (AvgIpc) is 3.14. The van der Waals surface area contributed by atoms with Crippen LogP contribution in [0.1, 0.15) is 62.0 Å². The summed E-state index contributed by atoms with van der Waals surface area (Å²) < 4.78 is 29.8. The Morgan fingerprint density at radius 2 is 1.91 bits per heavy atom. The van der Waals surface area contributed by atoms with E-state index in [-0.39, 0.29) is 28.5 Å². The van der Waals surface area contributed by atoms with E-state index in [4.69, 9.17) is 5.73 Å². The number of rotatable bonds is 4. The number of benzene rings is 1. The van der Waals surface area contributed by atoms with Gasteiger partial charge in [-0.2, -0.15) is 8.42 Å². The lowest BCUT2D eigenvalue weighted by Gasteiger charge is -2.39. The van der Waals surface area contributed by atoms with E-state index < -0.39 is 27.1 Å². The van der Waals surface area contributed by atoms with Gasteiger partial charge in [0.15, 0.2) is 11.6 Å². The van der Waals surface area contributed by atoms with Gasteiger partial charge in [0.05, 0.1) is 5.41 Å². The first-order valence-electron chi connectivity index (χ1n) is 10.5. The Balaban J connectivity index is 1.83. The number of carbonyl (C=O) groups is 2. The molecule has 3 N–H and O–H groups in total. The number of nitrogens with zero attached hydrogens (tertiary/aromatic N) is 1. The van der Waals surface area contributed by atoms with Crippen LogP contribution in [-0.2, 0) is 26.8 Å². The number of fused-ring (bicyclic) bond motifs is 2. The molecule has 1 aromatic carbocycles. The number of sulfonamides is 1. The molecule has 2 aromatic rings. The maximum Gasteiger partial charge on any atom is 0.287 e. The number of ketones is 2. The van der Waals surface area contributed by atoms with Gasteiger partial charge in [-0.05, 0) is 41.7 Å². The van der Waals surface area contributed by atoms with Crippen molar-refractivity contribution in [3.8, 4) is 0 Å². The average molecular weight is 474 g/mol. The van der Waals surface area contributed by atoms with Crippen LogP contribution in [0.2, 0.25) is 0 Å². The Bertz CT molecular complexity index is 1250. The van der Waals surface area contributed by atoms with E-state index in [1.807, 2.05) is 19.1 Å². The van der Waals surface area contributed by atoms with Gasteiger partial charge in [-0.1, -0.05) is 45.0 Å². The van der Waals surface area contributed by atoms with Crippen LogP contribution in [-0.4, -0.2) is 25.8 Å². The highest BCUT2D eigenvalue weighted by molar-refractivity contribution is 7.90. The molecule has 0 fully saturated rings. The summed E-state index contributed by atoms with van der Waals surface area (Å²) in [6.45, 7) is 8.21. The minimum absolute atomic E-state index is 0.0103. The predicted octanol–water partition coefficient (Wildman–Crippen LogP) is 3.89. The normalized spacial score (nSPS) is 24.4. The van der Waals surface area contributed by atoms with Gasteiger partial charge >= 0.3 is 0 Å². The zero-order valence-corrected chi connectivity index (χ0v) is 20.2. The summed E-state index contributed by atoms with van der Waals surface area (Å²) in [4.78, 5) is 27.3. The van der Waals surface area contributed by atoms with E-state index >= 15 is 0 Å². The standard InChI is InChI=1S/C23H27N3O4S2/c1-22(2,3)9-10-23(4)15-8-6-5-7-14(15)17(27)16(19(23)28)20-25-21-18(32(29,30)26-20)13(11-24)12-31-21/h5-8,12,16H,9-11,24H2,1-4H3,(H,25,26)/t16?,23-/m1/s1. The predicted molar refractivity (Wildman–Crippen MR) is 126 cm³/mol. The largest absolute Gasteiger partial charge is 0.333 e. The number of nitrogens with two attached hydrogens (primary N) is 1. The number of carbonyl (C=O) groups excluding carboxylic acids is 2. The van der Waals surface area contributed by atoms with Crippen molar-refractivity contribution < 1.29 is 18.0 Å². The van der Waals surface area contributed by atoms with E-state index in [1.54, 1.807) is 17.5 Å². The van der Waals surface area contributed by atoms with E-state index in [0.717, 1.165) is 6.42 Å². The van der Waals surface area contributed by atoms with Crippen molar-refractivity contribution in [3.05, 3.63) is 46.3 Å². The van der Waals surface area contributed by atoms with Crippen molar-refractivity contribution in [2.24, 2.45) is 21.5 Å². The number of Topliss-reactive ketones (excluding diaryl/α,β-unsaturated/α-hetero) is 2. The quantitative estimate of drug-likeness (QED) is 0.651. The van der Waals surface area contributed by atoms with Crippen molar-refractivity contribution in [2.75, 3.05) is 5.32 Å². The second-order valence-electron chi connectivity index (χ2n) is 9.80. The third-order valence-electron chi connectivity index (χ3n) is 6.26. The maximum absolute atomic E-state index is 13.9. The number of thiophene rings is 1. The highest BCUT2D eigenvalue weighted by Gasteiger charge is 2.52. The molecule has 0 spiro atoms. The molecule has 1 unspecified atom stereocenters. The Kier molecular flexibility index (Phi) is 5.42. The van der Waals surface area contributed by atoms with Gasteiger partial charge in [-0.25, -0.2) is 0 Å². The highest BCUT2D eigenvalue weighted by atomic mass is 32.2. The monoisotopic (exact) mass is 473 g/mol. The Morgan fingerprint density at radius 3 is 2.56 bits per heavy atom. The summed E-state index contributed by atoms with van der Waals surface area (Å²) in [5, 5.41) is 4.96. The number of hydrogen-bond acceptors (Lipinski definition) is 7. The molecule has 0 saturated carbocycles. The molecule has 0 bridgehead atoms. The van der Waals surface area contributed by atoms with Crippen LogP contribution in [0, 0.1) is 11.3 Å². The summed E-state index contributed by atoms with van der Waals surface area (Å²) in [7, 11) is -4.09. The fourth-order valence-corrected chi connectivity index (χ4v) is 7.04. The Morgan fingerprint density at radius 1 is 1.22 bits per heavy atom. The zero-order chi connectivity index (χ0) is 23.5. The van der Waals surface area contributed by atoms with Crippen molar-refractivity contribution in [1.29, 1.82) is 0 Å². The van der Waals surface area contributed by atoms with Gasteiger partial charge in [0.2, 0.25) is 0 Å². The van der Waals surface area contributed by atoms with E-state index in [9.17, 15) is 18.0 Å². The van der Waals surface area contributed by atoms with Crippen LogP contribution in [0.15, 0.2) is 38.9 Å². The molecule has 32 heavy (non-hydrogen) atoms. The topological polar surface area (TPSA) is 119 Å². The van der Waals surface area contributed by atoms with Crippen molar-refractivity contribution in [2.45, 2.75) is 57.4 Å². The smallest absolute Gasteiger partial charge is 0.287 e. The summed E-state index contributed by atoms with van der Waals surface area (Å²) in [6.07, 6.45) is 1.30. The third kappa shape index (κ3) is 3.62.